The topological polar surface area (TPSA) is 110 Å². The fourth-order valence-electron chi connectivity index (χ4n) is 2.85. The maximum atomic E-state index is 13.6. The highest BCUT2D eigenvalue weighted by Gasteiger charge is 2.34. The third-order valence-corrected chi connectivity index (χ3v) is 5.12. The number of hydrogen-bond acceptors (Lipinski definition) is 7. The van der Waals surface area contributed by atoms with E-state index in [1.807, 2.05) is 10.8 Å². The van der Waals surface area contributed by atoms with Crippen LogP contribution in [0, 0.1) is 0 Å². The number of amides is 2. The summed E-state index contributed by atoms with van der Waals surface area (Å²) in [5.74, 6) is -0.792. The van der Waals surface area contributed by atoms with Crippen LogP contribution in [0.3, 0.4) is 0 Å². The molecule has 33 heavy (non-hydrogen) atoms. The number of anilines is 2. The summed E-state index contributed by atoms with van der Waals surface area (Å²) in [6.07, 6.45) is -2.43. The number of carbonyl (C=O) groups is 2. The summed E-state index contributed by atoms with van der Waals surface area (Å²) in [6.45, 7) is 0. The van der Waals surface area contributed by atoms with E-state index in [0.29, 0.717) is 5.89 Å². The first-order chi connectivity index (χ1) is 15.8. The number of alkyl halides is 3. The van der Waals surface area contributed by atoms with Crippen LogP contribution in [0.15, 0.2) is 62.5 Å². The van der Waals surface area contributed by atoms with Gasteiger partial charge in [0.15, 0.2) is 0 Å². The Labute approximate surface area is 188 Å². The first-order valence-electron chi connectivity index (χ1n) is 9.49. The molecule has 0 aliphatic carbocycles. The molecule has 4 rings (SSSR count). The average molecular weight is 476 g/mol. The smallest absolute Gasteiger partial charge is 0.418 e. The van der Waals surface area contributed by atoms with Crippen LogP contribution >= 0.6 is 11.3 Å². The minimum absolute atomic E-state index is 0.0587. The zero-order valence-corrected chi connectivity index (χ0v) is 17.5. The van der Waals surface area contributed by atoms with Crippen molar-refractivity contribution in [3.05, 3.63) is 70.6 Å². The molecule has 0 aliphatic rings. The number of benzene rings is 1. The van der Waals surface area contributed by atoms with Gasteiger partial charge in [-0.15, -0.1) is 10.2 Å². The van der Waals surface area contributed by atoms with Gasteiger partial charge >= 0.3 is 6.18 Å². The molecule has 0 radical (unpaired) electrons. The molecule has 0 fully saturated rings. The van der Waals surface area contributed by atoms with Crippen molar-refractivity contribution < 1.29 is 31.6 Å². The second kappa shape index (κ2) is 9.28. The van der Waals surface area contributed by atoms with Crippen LogP contribution in [-0.2, 0) is 17.4 Å². The predicted molar refractivity (Wildman–Crippen MR) is 113 cm³/mol. The van der Waals surface area contributed by atoms with Crippen molar-refractivity contribution in [2.75, 3.05) is 10.6 Å². The Morgan fingerprint density at radius 1 is 1.09 bits per heavy atom. The van der Waals surface area contributed by atoms with Gasteiger partial charge in [-0.05, 0) is 35.7 Å². The van der Waals surface area contributed by atoms with Crippen molar-refractivity contribution in [2.45, 2.75) is 19.0 Å². The number of thiophene rings is 1. The number of nitrogens with zero attached hydrogens (tertiary/aromatic N) is 2. The van der Waals surface area contributed by atoms with E-state index in [1.165, 1.54) is 36.0 Å². The number of aromatic nitrogens is 2. The lowest BCUT2D eigenvalue weighted by Gasteiger charge is -2.15. The normalized spacial score (nSPS) is 11.4. The van der Waals surface area contributed by atoms with Gasteiger partial charge in [-0.1, -0.05) is 0 Å². The van der Waals surface area contributed by atoms with Gasteiger partial charge in [0, 0.05) is 29.5 Å². The maximum Gasteiger partial charge on any atom is 0.418 e. The molecule has 170 valence electrons. The van der Waals surface area contributed by atoms with Gasteiger partial charge in [-0.25, -0.2) is 0 Å². The number of furan rings is 1. The van der Waals surface area contributed by atoms with E-state index in [1.54, 1.807) is 6.07 Å². The Kier molecular flexibility index (Phi) is 6.27. The predicted octanol–water partition coefficient (Wildman–Crippen LogP) is 5.23. The Hall–Kier alpha value is -3.93. The quantitative estimate of drug-likeness (QED) is 0.378. The third kappa shape index (κ3) is 5.47. The summed E-state index contributed by atoms with van der Waals surface area (Å²) in [7, 11) is 0. The highest BCUT2D eigenvalue weighted by atomic mass is 32.1. The molecule has 3 heterocycles. The Morgan fingerprint density at radius 2 is 1.94 bits per heavy atom. The van der Waals surface area contributed by atoms with E-state index in [2.05, 4.69) is 20.8 Å². The van der Waals surface area contributed by atoms with Crippen LogP contribution < -0.4 is 10.6 Å². The van der Waals surface area contributed by atoms with Crippen LogP contribution in [-0.4, -0.2) is 22.0 Å². The molecule has 0 atom stereocenters. The van der Waals surface area contributed by atoms with Crippen molar-refractivity contribution in [2.24, 2.45) is 0 Å². The molecule has 0 saturated carbocycles. The summed E-state index contributed by atoms with van der Waals surface area (Å²) in [4.78, 5) is 24.3. The van der Waals surface area contributed by atoms with Gasteiger partial charge in [-0.3, -0.25) is 9.59 Å². The van der Waals surface area contributed by atoms with Crippen LogP contribution in [0.2, 0.25) is 0 Å². The fourth-order valence-corrected chi connectivity index (χ4v) is 3.48. The lowest BCUT2D eigenvalue weighted by atomic mass is 10.1. The summed E-state index contributed by atoms with van der Waals surface area (Å²) in [5.41, 5.74) is -0.711. The summed E-state index contributed by atoms with van der Waals surface area (Å²) >= 11 is 1.46. The number of carbonyl (C=O) groups excluding carboxylic acids is 2. The third-order valence-electron chi connectivity index (χ3n) is 4.44. The highest BCUT2D eigenvalue weighted by Crippen LogP contribution is 2.37. The minimum Gasteiger partial charge on any atom is -0.472 e. The van der Waals surface area contributed by atoms with Gasteiger partial charge in [0.1, 0.15) is 6.26 Å². The molecule has 2 amide bonds. The Bertz CT molecular complexity index is 1250. The number of aryl methyl sites for hydroxylation is 1. The molecule has 4 aromatic rings. The van der Waals surface area contributed by atoms with Crippen molar-refractivity contribution in [3.8, 4) is 11.5 Å². The van der Waals surface area contributed by atoms with Gasteiger partial charge in [-0.2, -0.15) is 24.5 Å². The average Bonchev–Trinajstić information content (AvgIpc) is 3.55. The molecule has 12 heteroatoms. The van der Waals surface area contributed by atoms with E-state index in [-0.39, 0.29) is 30.0 Å². The lowest BCUT2D eigenvalue weighted by Crippen LogP contribution is -2.18. The highest BCUT2D eigenvalue weighted by molar-refractivity contribution is 7.08. The van der Waals surface area contributed by atoms with E-state index in [0.717, 1.165) is 17.7 Å². The summed E-state index contributed by atoms with van der Waals surface area (Å²) in [5, 5.41) is 16.0. The Morgan fingerprint density at radius 3 is 2.64 bits per heavy atom. The SMILES string of the molecule is O=C(CCc1nnc(-c2ccsc2)o1)Nc1ccc(NC(=O)c2ccoc2)cc1C(F)(F)F. The van der Waals surface area contributed by atoms with E-state index in [4.69, 9.17) is 8.83 Å². The zero-order valence-electron chi connectivity index (χ0n) is 16.7. The van der Waals surface area contributed by atoms with Crippen LogP contribution in [0.1, 0.15) is 28.2 Å². The molecule has 0 bridgehead atoms. The van der Waals surface area contributed by atoms with Gasteiger partial charge in [0.2, 0.25) is 17.7 Å². The van der Waals surface area contributed by atoms with Crippen LogP contribution in [0.25, 0.3) is 11.5 Å². The van der Waals surface area contributed by atoms with E-state index in [9.17, 15) is 22.8 Å². The van der Waals surface area contributed by atoms with Gasteiger partial charge < -0.3 is 19.5 Å². The molecule has 8 nitrogen and oxygen atoms in total. The molecule has 2 N–H and O–H groups in total. The monoisotopic (exact) mass is 476 g/mol. The van der Waals surface area contributed by atoms with Crippen molar-refractivity contribution in [1.29, 1.82) is 0 Å². The maximum absolute atomic E-state index is 13.6. The molecule has 0 spiro atoms. The van der Waals surface area contributed by atoms with Crippen molar-refractivity contribution in [3.63, 3.8) is 0 Å². The lowest BCUT2D eigenvalue weighted by molar-refractivity contribution is -0.136. The number of nitrogens with one attached hydrogen (secondary N) is 2. The molecule has 0 saturated heterocycles. The second-order valence-electron chi connectivity index (χ2n) is 6.79. The molecule has 0 aliphatic heterocycles. The number of rotatable bonds is 7. The fraction of sp³-hybridized carbons (Fsp3) is 0.143. The van der Waals surface area contributed by atoms with E-state index < -0.39 is 29.2 Å². The standard InChI is InChI=1S/C21H15F3N4O4S/c22-21(23,24)15-9-14(25-19(30)12-5-7-31-10-12)1-2-16(15)26-17(29)3-4-18-27-28-20(32-18)13-6-8-33-11-13/h1-2,5-11H,3-4H2,(H,25,30)(H,26,29). The molecule has 0 unspecified atom stereocenters. The number of hydrogen-bond donors (Lipinski definition) is 2. The van der Waals surface area contributed by atoms with E-state index >= 15 is 0 Å². The summed E-state index contributed by atoms with van der Waals surface area (Å²) in [6, 6.07) is 6.26. The minimum atomic E-state index is -4.76. The molecular formula is C21H15F3N4O4S. The number of halogens is 3. The largest absolute Gasteiger partial charge is 0.472 e. The van der Waals surface area contributed by atoms with Gasteiger partial charge in [0.05, 0.1) is 23.1 Å². The molecule has 1 aromatic carbocycles. The van der Waals surface area contributed by atoms with Crippen LogP contribution in [0.5, 0.6) is 0 Å². The molecular weight excluding hydrogens is 461 g/mol. The first kappa shape index (κ1) is 22.3. The van der Waals surface area contributed by atoms with Crippen molar-refractivity contribution in [1.82, 2.24) is 10.2 Å². The summed E-state index contributed by atoms with van der Waals surface area (Å²) < 4.78 is 51.0. The molecule has 3 aromatic heterocycles. The van der Waals surface area contributed by atoms with Crippen molar-refractivity contribution >= 4 is 34.5 Å². The first-order valence-corrected chi connectivity index (χ1v) is 10.4. The zero-order chi connectivity index (χ0) is 23.4. The van der Waals surface area contributed by atoms with Crippen LogP contribution in [0.4, 0.5) is 24.5 Å². The Balaban J connectivity index is 1.42. The van der Waals surface area contributed by atoms with Gasteiger partial charge in [0.25, 0.3) is 5.91 Å². The second-order valence-corrected chi connectivity index (χ2v) is 7.57.